The average molecular weight is 565 g/mol. The van der Waals surface area contributed by atoms with E-state index in [1.807, 2.05) is 50.2 Å². The number of benzene rings is 2. The lowest BCUT2D eigenvalue weighted by molar-refractivity contribution is 0.0691. The number of aromatic nitrogens is 3. The molecule has 2 unspecified atom stereocenters. The zero-order chi connectivity index (χ0) is 28.8. The number of halogens is 1. The van der Waals surface area contributed by atoms with Gasteiger partial charge in [-0.2, -0.15) is 10.5 Å². The first-order chi connectivity index (χ1) is 19.7. The van der Waals surface area contributed by atoms with E-state index < -0.39 is 5.97 Å². The predicted molar refractivity (Wildman–Crippen MR) is 155 cm³/mol. The number of carbonyl (C=O) groups is 1. The summed E-state index contributed by atoms with van der Waals surface area (Å²) in [4.78, 5) is 30.0. The van der Waals surface area contributed by atoms with Gasteiger partial charge in [0.15, 0.2) is 17.2 Å². The Morgan fingerprint density at radius 1 is 1.07 bits per heavy atom. The summed E-state index contributed by atoms with van der Waals surface area (Å²) in [5.41, 5.74) is 5.18. The number of nitrogens with one attached hydrogen (secondary N) is 1. The van der Waals surface area contributed by atoms with E-state index >= 15 is 0 Å². The minimum absolute atomic E-state index is 0.0958. The van der Waals surface area contributed by atoms with Gasteiger partial charge in [0, 0.05) is 36.4 Å². The number of carboxylic acid groups (broad SMARTS) is 1. The van der Waals surface area contributed by atoms with Gasteiger partial charge in [-0.25, -0.2) is 19.7 Å². The van der Waals surface area contributed by atoms with E-state index in [0.29, 0.717) is 41.2 Å². The van der Waals surface area contributed by atoms with Gasteiger partial charge >= 0.3 is 5.97 Å². The number of hydrogen-bond acceptors (Lipinski definition) is 9. The summed E-state index contributed by atoms with van der Waals surface area (Å²) in [5, 5.41) is 32.1. The molecule has 7 rings (SSSR count). The number of hydrogen-bond donors (Lipinski definition) is 2. The Kier molecular flexibility index (Phi) is 6.56. The minimum Gasteiger partial charge on any atom is -0.476 e. The Morgan fingerprint density at radius 2 is 1.80 bits per heavy atom. The molecule has 11 heteroatoms. The van der Waals surface area contributed by atoms with E-state index in [9.17, 15) is 15.2 Å². The molecular weight excluding hydrogens is 540 g/mol. The molecule has 0 spiro atoms. The number of piperidine rings is 1. The van der Waals surface area contributed by atoms with Crippen LogP contribution in [0, 0.1) is 29.6 Å². The molecule has 2 N–H and O–H groups in total. The fourth-order valence-corrected chi connectivity index (χ4v) is 6.03. The lowest BCUT2D eigenvalue weighted by atomic mass is 9.86. The zero-order valence-electron chi connectivity index (χ0n) is 22.3. The van der Waals surface area contributed by atoms with E-state index in [2.05, 4.69) is 32.2 Å². The first-order valence-electron chi connectivity index (χ1n) is 13.2. The normalized spacial score (nSPS) is 18.3. The van der Waals surface area contributed by atoms with Crippen molar-refractivity contribution in [2.45, 2.75) is 38.4 Å². The number of nitrogens with zero attached hydrogens (tertiary/aromatic N) is 7. The van der Waals surface area contributed by atoms with E-state index in [1.54, 1.807) is 6.07 Å². The Labute approximate surface area is 241 Å². The number of aryl methyl sites for hydroxylation is 1. The van der Waals surface area contributed by atoms with Crippen LogP contribution in [0.3, 0.4) is 0 Å². The summed E-state index contributed by atoms with van der Waals surface area (Å²) in [7, 11) is 0. The van der Waals surface area contributed by atoms with Gasteiger partial charge in [-0.1, -0.05) is 17.7 Å². The van der Waals surface area contributed by atoms with Crippen molar-refractivity contribution in [2.24, 2.45) is 0 Å². The third-order valence-corrected chi connectivity index (χ3v) is 7.93. The number of anilines is 3. The molecule has 0 radical (unpaired) electrons. The standard InChI is InChI=1S/C30H25ClN8O2/c1-16-9-22(17(2)34-23-7-8-26(31)36-28(23)30(40)41)27-24(10-16)35-25(13-33)29(37-27)38-14-20-11-21(15-38)39(20)19-5-3-18(12-32)4-6-19/h3-10,17,20-21,34H,11,14-15H2,1-2H3,(H,40,41)/t17-,20?,21?/m1/s1. The van der Waals surface area contributed by atoms with Crippen LogP contribution in [0.25, 0.3) is 11.0 Å². The van der Waals surface area contributed by atoms with Crippen LogP contribution >= 0.6 is 11.6 Å². The SMILES string of the molecule is Cc1cc([C@@H](C)Nc2ccc(Cl)nc2C(=O)O)c2nc(N3CC4CC(C3)N4c3ccc(C#N)cc3)c(C#N)nc2c1. The molecule has 204 valence electrons. The van der Waals surface area contributed by atoms with Crippen LogP contribution < -0.4 is 15.1 Å². The number of fused-ring (bicyclic) bond motifs is 3. The fraction of sp³-hybridized carbons (Fsp3) is 0.267. The van der Waals surface area contributed by atoms with Crippen LogP contribution in [0.1, 0.15) is 52.3 Å². The molecule has 10 nitrogen and oxygen atoms in total. The van der Waals surface area contributed by atoms with E-state index in [0.717, 1.165) is 23.2 Å². The second-order valence-electron chi connectivity index (χ2n) is 10.4. The molecule has 4 aromatic rings. The molecule has 3 fully saturated rings. The van der Waals surface area contributed by atoms with Crippen molar-refractivity contribution < 1.29 is 9.90 Å². The van der Waals surface area contributed by atoms with Crippen molar-refractivity contribution in [2.75, 3.05) is 28.2 Å². The number of rotatable bonds is 6. The Bertz CT molecular complexity index is 1770. The maximum absolute atomic E-state index is 11.8. The smallest absolute Gasteiger partial charge is 0.356 e. The van der Waals surface area contributed by atoms with Crippen LogP contribution in [0.4, 0.5) is 17.2 Å². The van der Waals surface area contributed by atoms with Gasteiger partial charge in [0.2, 0.25) is 0 Å². The third-order valence-electron chi connectivity index (χ3n) is 7.72. The topological polar surface area (TPSA) is 142 Å². The lowest BCUT2D eigenvalue weighted by Gasteiger charge is -2.57. The third kappa shape index (κ3) is 4.73. The summed E-state index contributed by atoms with van der Waals surface area (Å²) < 4.78 is 0. The van der Waals surface area contributed by atoms with E-state index in [-0.39, 0.29) is 34.7 Å². The highest BCUT2D eigenvalue weighted by Gasteiger charge is 2.45. The molecule has 3 saturated heterocycles. The van der Waals surface area contributed by atoms with Crippen LogP contribution in [0.15, 0.2) is 48.5 Å². The fourth-order valence-electron chi connectivity index (χ4n) is 5.89. The predicted octanol–water partition coefficient (Wildman–Crippen LogP) is 5.07. The summed E-state index contributed by atoms with van der Waals surface area (Å²) in [6.07, 6.45) is 1.05. The highest BCUT2D eigenvalue weighted by atomic mass is 35.5. The monoisotopic (exact) mass is 564 g/mol. The van der Waals surface area contributed by atoms with Gasteiger partial charge in [-0.15, -0.1) is 0 Å². The number of pyridine rings is 1. The van der Waals surface area contributed by atoms with Crippen molar-refractivity contribution in [1.29, 1.82) is 10.5 Å². The average Bonchev–Trinajstić information content (AvgIpc) is 2.97. The largest absolute Gasteiger partial charge is 0.476 e. The van der Waals surface area contributed by atoms with E-state index in [4.69, 9.17) is 26.8 Å². The quantitative estimate of drug-likeness (QED) is 0.305. The Morgan fingerprint density at radius 3 is 2.46 bits per heavy atom. The van der Waals surface area contributed by atoms with Crippen LogP contribution in [0.2, 0.25) is 5.15 Å². The van der Waals surface area contributed by atoms with E-state index in [1.165, 1.54) is 6.07 Å². The second-order valence-corrected chi connectivity index (χ2v) is 10.8. The first-order valence-corrected chi connectivity index (χ1v) is 13.6. The summed E-state index contributed by atoms with van der Waals surface area (Å²) in [6.45, 7) is 5.25. The van der Waals surface area contributed by atoms with Crippen LogP contribution in [0.5, 0.6) is 0 Å². The van der Waals surface area contributed by atoms with Crippen molar-refractivity contribution in [3.63, 3.8) is 0 Å². The Balaban J connectivity index is 1.33. The maximum Gasteiger partial charge on any atom is 0.356 e. The van der Waals surface area contributed by atoms with Crippen LogP contribution in [-0.4, -0.2) is 51.2 Å². The van der Waals surface area contributed by atoms with Gasteiger partial charge in [0.1, 0.15) is 11.2 Å². The summed E-state index contributed by atoms with van der Waals surface area (Å²) in [5.74, 6) is -0.637. The molecule has 41 heavy (non-hydrogen) atoms. The molecule has 0 saturated carbocycles. The van der Waals surface area contributed by atoms with Gasteiger partial charge in [0.05, 0.1) is 34.4 Å². The molecule has 0 amide bonds. The first kappa shape index (κ1) is 26.3. The van der Waals surface area contributed by atoms with Gasteiger partial charge < -0.3 is 20.2 Å². The van der Waals surface area contributed by atoms with Crippen molar-refractivity contribution in [3.05, 3.63) is 81.8 Å². The molecule has 3 aliphatic rings. The van der Waals surface area contributed by atoms with Gasteiger partial charge in [-0.3, -0.25) is 0 Å². The molecule has 2 aromatic heterocycles. The highest BCUT2D eigenvalue weighted by molar-refractivity contribution is 6.29. The van der Waals surface area contributed by atoms with Crippen LogP contribution in [-0.2, 0) is 0 Å². The number of nitriles is 2. The maximum atomic E-state index is 11.8. The summed E-state index contributed by atoms with van der Waals surface area (Å²) in [6, 6.07) is 19.2. The second kappa shape index (κ2) is 10.2. The Hall–Kier alpha value is -4.93. The van der Waals surface area contributed by atoms with Gasteiger partial charge in [0.25, 0.3) is 0 Å². The molecule has 3 aliphatic heterocycles. The number of aromatic carboxylic acids is 1. The molecule has 0 aliphatic carbocycles. The number of carboxylic acids is 1. The molecule has 2 aromatic carbocycles. The van der Waals surface area contributed by atoms with Crippen molar-refractivity contribution in [1.82, 2.24) is 15.0 Å². The minimum atomic E-state index is -1.18. The lowest BCUT2D eigenvalue weighted by Crippen LogP contribution is -2.69. The molecule has 2 bridgehead atoms. The summed E-state index contributed by atoms with van der Waals surface area (Å²) >= 11 is 5.94. The van der Waals surface area contributed by atoms with Crippen molar-refractivity contribution >= 4 is 45.8 Å². The number of piperazine rings is 1. The highest BCUT2D eigenvalue weighted by Crippen LogP contribution is 2.39. The molecule has 3 atom stereocenters. The van der Waals surface area contributed by atoms with Gasteiger partial charge in [-0.05, 0) is 68.3 Å². The molecule has 5 heterocycles. The zero-order valence-corrected chi connectivity index (χ0v) is 23.1. The molecular formula is C30H25ClN8O2. The van der Waals surface area contributed by atoms with Crippen molar-refractivity contribution in [3.8, 4) is 12.1 Å².